The Labute approximate surface area is 108 Å². The van der Waals surface area contributed by atoms with Crippen molar-refractivity contribution in [3.05, 3.63) is 29.3 Å². The second-order valence-electron chi connectivity index (χ2n) is 5.03. The molecule has 0 fully saturated rings. The van der Waals surface area contributed by atoms with Crippen LogP contribution in [0.3, 0.4) is 0 Å². The summed E-state index contributed by atoms with van der Waals surface area (Å²) in [6, 6.07) is 6.57. The van der Waals surface area contributed by atoms with Gasteiger partial charge in [-0.05, 0) is 44.0 Å². The lowest BCUT2D eigenvalue weighted by atomic mass is 9.98. The van der Waals surface area contributed by atoms with Crippen LogP contribution in [0.25, 0.3) is 0 Å². The Kier molecular flexibility index (Phi) is 3.87. The first-order valence-electron chi connectivity index (χ1n) is 6.46. The normalized spacial score (nSPS) is 14.4. The summed E-state index contributed by atoms with van der Waals surface area (Å²) in [5.41, 5.74) is 9.16. The molecule has 1 aromatic carbocycles. The highest BCUT2D eigenvalue weighted by molar-refractivity contribution is 5.80. The van der Waals surface area contributed by atoms with E-state index in [1.54, 1.807) is 0 Å². The zero-order valence-electron chi connectivity index (χ0n) is 11.1. The van der Waals surface area contributed by atoms with Gasteiger partial charge in [0, 0.05) is 18.3 Å². The molecule has 3 N–H and O–H groups in total. The maximum absolute atomic E-state index is 11.2. The van der Waals surface area contributed by atoms with E-state index >= 15 is 0 Å². The smallest absolute Gasteiger partial charge is 0.236 e. The van der Waals surface area contributed by atoms with Gasteiger partial charge >= 0.3 is 0 Å². The van der Waals surface area contributed by atoms with Crippen molar-refractivity contribution < 1.29 is 4.79 Å². The first kappa shape index (κ1) is 12.9. The van der Waals surface area contributed by atoms with Crippen LogP contribution in [0.2, 0.25) is 0 Å². The van der Waals surface area contributed by atoms with Crippen molar-refractivity contribution in [1.29, 1.82) is 0 Å². The van der Waals surface area contributed by atoms with Gasteiger partial charge in [0.2, 0.25) is 5.91 Å². The summed E-state index contributed by atoms with van der Waals surface area (Å²) in [6.07, 6.45) is 1.05. The van der Waals surface area contributed by atoms with Gasteiger partial charge in [-0.15, -0.1) is 0 Å². The second kappa shape index (κ2) is 5.40. The fraction of sp³-hybridized carbons (Fsp3) is 0.500. The number of nitrogens with one attached hydrogen (secondary N) is 1. The predicted octanol–water partition coefficient (Wildman–Crippen LogP) is 1.03. The average Bonchev–Trinajstić information content (AvgIpc) is 2.35. The Hall–Kier alpha value is -1.55. The van der Waals surface area contributed by atoms with Crippen LogP contribution < -0.4 is 16.0 Å². The molecule has 2 rings (SSSR count). The Morgan fingerprint density at radius 2 is 2.28 bits per heavy atom. The van der Waals surface area contributed by atoms with E-state index in [-0.39, 0.29) is 18.5 Å². The number of nitrogens with two attached hydrogens (primary N) is 1. The molecule has 1 aromatic rings. The summed E-state index contributed by atoms with van der Waals surface area (Å²) >= 11 is 0. The van der Waals surface area contributed by atoms with Crippen LogP contribution in [-0.4, -0.2) is 25.0 Å². The van der Waals surface area contributed by atoms with Crippen molar-refractivity contribution in [3.63, 3.8) is 0 Å². The Morgan fingerprint density at radius 3 is 2.94 bits per heavy atom. The highest BCUT2D eigenvalue weighted by Crippen LogP contribution is 2.27. The molecule has 0 bridgehead atoms. The molecule has 4 heteroatoms. The summed E-state index contributed by atoms with van der Waals surface area (Å²) in [5, 5.41) is 3.39. The van der Waals surface area contributed by atoms with Crippen LogP contribution >= 0.6 is 0 Å². The number of hydrogen-bond donors (Lipinski definition) is 2. The fourth-order valence-electron chi connectivity index (χ4n) is 2.48. The quantitative estimate of drug-likeness (QED) is 0.835. The molecule has 0 spiro atoms. The van der Waals surface area contributed by atoms with E-state index in [9.17, 15) is 4.79 Å². The number of benzene rings is 1. The van der Waals surface area contributed by atoms with Crippen molar-refractivity contribution in [3.8, 4) is 0 Å². The number of nitrogens with zero attached hydrogens (tertiary/aromatic N) is 1. The molecule has 1 aliphatic rings. The molecule has 0 radical (unpaired) electrons. The summed E-state index contributed by atoms with van der Waals surface area (Å²) < 4.78 is 0. The van der Waals surface area contributed by atoms with Gasteiger partial charge in [0.1, 0.15) is 0 Å². The van der Waals surface area contributed by atoms with Crippen LogP contribution in [0.15, 0.2) is 18.2 Å². The molecule has 0 aromatic heterocycles. The van der Waals surface area contributed by atoms with Crippen LogP contribution in [-0.2, 0) is 17.8 Å². The highest BCUT2D eigenvalue weighted by atomic mass is 16.1. The van der Waals surface area contributed by atoms with E-state index in [4.69, 9.17) is 5.73 Å². The van der Waals surface area contributed by atoms with Gasteiger partial charge in [-0.25, -0.2) is 0 Å². The molecule has 0 unspecified atom stereocenters. The number of carbonyl (C=O) groups is 1. The fourth-order valence-corrected chi connectivity index (χ4v) is 2.48. The van der Waals surface area contributed by atoms with Gasteiger partial charge in [-0.1, -0.05) is 12.1 Å². The van der Waals surface area contributed by atoms with E-state index < -0.39 is 0 Å². The maximum atomic E-state index is 11.2. The minimum Gasteiger partial charge on any atom is -0.368 e. The van der Waals surface area contributed by atoms with Gasteiger partial charge in [0.25, 0.3) is 0 Å². The molecule has 1 aliphatic heterocycles. The van der Waals surface area contributed by atoms with Crippen LogP contribution in [0.4, 0.5) is 5.69 Å². The SMILES string of the molecule is CC(C)N(CC(N)=O)c1cccc2c1CNCC2. The van der Waals surface area contributed by atoms with Gasteiger partial charge in [0.05, 0.1) is 6.54 Å². The topological polar surface area (TPSA) is 58.4 Å². The van der Waals surface area contributed by atoms with Crippen LogP contribution in [0, 0.1) is 0 Å². The molecule has 0 saturated heterocycles. The lowest BCUT2D eigenvalue weighted by Crippen LogP contribution is -2.40. The van der Waals surface area contributed by atoms with Crippen molar-refractivity contribution in [2.45, 2.75) is 32.9 Å². The Balaban J connectivity index is 2.38. The van der Waals surface area contributed by atoms with Crippen molar-refractivity contribution >= 4 is 11.6 Å². The molecule has 18 heavy (non-hydrogen) atoms. The van der Waals surface area contributed by atoms with Gasteiger partial charge in [-0.3, -0.25) is 4.79 Å². The Morgan fingerprint density at radius 1 is 1.50 bits per heavy atom. The number of rotatable bonds is 4. The van der Waals surface area contributed by atoms with E-state index in [1.165, 1.54) is 11.1 Å². The molecule has 1 amide bonds. The van der Waals surface area contributed by atoms with Crippen LogP contribution in [0.1, 0.15) is 25.0 Å². The summed E-state index contributed by atoms with van der Waals surface area (Å²) in [5.74, 6) is -0.287. The number of hydrogen-bond acceptors (Lipinski definition) is 3. The molecular formula is C14H21N3O. The van der Waals surface area contributed by atoms with Gasteiger partial charge in [-0.2, -0.15) is 0 Å². The standard InChI is InChI=1S/C14H21N3O/c1-10(2)17(9-14(15)18)13-5-3-4-11-6-7-16-8-12(11)13/h3-5,10,16H,6-9H2,1-2H3,(H2,15,18). The maximum Gasteiger partial charge on any atom is 0.236 e. The largest absolute Gasteiger partial charge is 0.368 e. The molecular weight excluding hydrogens is 226 g/mol. The third kappa shape index (κ3) is 2.64. The van der Waals surface area contributed by atoms with E-state index in [2.05, 4.69) is 42.3 Å². The summed E-state index contributed by atoms with van der Waals surface area (Å²) in [4.78, 5) is 13.3. The molecule has 98 valence electrons. The number of fused-ring (bicyclic) bond motifs is 1. The summed E-state index contributed by atoms with van der Waals surface area (Å²) in [7, 11) is 0. The monoisotopic (exact) mass is 247 g/mol. The average molecular weight is 247 g/mol. The highest BCUT2D eigenvalue weighted by Gasteiger charge is 2.19. The number of carbonyl (C=O) groups excluding carboxylic acids is 1. The predicted molar refractivity (Wildman–Crippen MR) is 73.5 cm³/mol. The second-order valence-corrected chi connectivity index (χ2v) is 5.03. The lowest BCUT2D eigenvalue weighted by Gasteiger charge is -2.32. The molecule has 0 atom stereocenters. The molecule has 0 aliphatic carbocycles. The molecule has 0 saturated carbocycles. The number of primary amides is 1. The Bertz CT molecular complexity index is 443. The van der Waals surface area contributed by atoms with Crippen molar-refractivity contribution in [2.75, 3.05) is 18.0 Å². The van der Waals surface area contributed by atoms with Crippen molar-refractivity contribution in [2.24, 2.45) is 5.73 Å². The van der Waals surface area contributed by atoms with E-state index in [1.807, 2.05) is 0 Å². The third-order valence-electron chi connectivity index (χ3n) is 3.38. The van der Waals surface area contributed by atoms with Crippen molar-refractivity contribution in [1.82, 2.24) is 5.32 Å². The van der Waals surface area contributed by atoms with Crippen LogP contribution in [0.5, 0.6) is 0 Å². The van der Waals surface area contributed by atoms with E-state index in [0.717, 1.165) is 25.2 Å². The number of anilines is 1. The zero-order chi connectivity index (χ0) is 13.1. The molecule has 4 nitrogen and oxygen atoms in total. The summed E-state index contributed by atoms with van der Waals surface area (Å²) in [6.45, 7) is 6.33. The van der Waals surface area contributed by atoms with Gasteiger partial charge in [0.15, 0.2) is 0 Å². The first-order valence-corrected chi connectivity index (χ1v) is 6.46. The lowest BCUT2D eigenvalue weighted by molar-refractivity contribution is -0.116. The molecule has 1 heterocycles. The zero-order valence-corrected chi connectivity index (χ0v) is 11.1. The minimum atomic E-state index is -0.287. The van der Waals surface area contributed by atoms with E-state index in [0.29, 0.717) is 0 Å². The first-order chi connectivity index (χ1) is 8.59. The third-order valence-corrected chi connectivity index (χ3v) is 3.38. The van der Waals surface area contributed by atoms with Gasteiger partial charge < -0.3 is 16.0 Å². The number of amides is 1. The minimum absolute atomic E-state index is 0.255.